The third-order valence-electron chi connectivity index (χ3n) is 2.57. The predicted molar refractivity (Wildman–Crippen MR) is 72.2 cm³/mol. The monoisotopic (exact) mass is 266 g/mol. The first-order valence-corrected chi connectivity index (χ1v) is 8.02. The molecule has 0 heterocycles. The van der Waals surface area contributed by atoms with Crippen LogP contribution in [0.25, 0.3) is 0 Å². The summed E-state index contributed by atoms with van der Waals surface area (Å²) in [7, 11) is -3.53. The molecule has 0 bridgehead atoms. The van der Waals surface area contributed by atoms with Crippen molar-refractivity contribution in [1.82, 2.24) is 0 Å². The van der Waals surface area contributed by atoms with Crippen LogP contribution in [0.1, 0.15) is 64.7 Å². The average molecular weight is 266 g/mol. The number of unbranched alkanes of at least 4 members (excludes halogenated alkanes) is 7. The van der Waals surface area contributed by atoms with Crippen LogP contribution in [0, 0.1) is 0 Å². The van der Waals surface area contributed by atoms with E-state index < -0.39 is 16.4 Å². The van der Waals surface area contributed by atoms with Gasteiger partial charge in [-0.25, -0.2) is 8.39 Å². The van der Waals surface area contributed by atoms with Crippen molar-refractivity contribution in [3.63, 3.8) is 0 Å². The Morgan fingerprint density at radius 3 is 2.06 bits per heavy atom. The highest BCUT2D eigenvalue weighted by Gasteiger charge is 2.08. The lowest BCUT2D eigenvalue weighted by molar-refractivity contribution is -0.0213. The van der Waals surface area contributed by atoms with Crippen molar-refractivity contribution in [2.75, 3.05) is 0 Å². The van der Waals surface area contributed by atoms with Crippen LogP contribution in [0.5, 0.6) is 0 Å². The first kappa shape index (κ1) is 16.9. The van der Waals surface area contributed by atoms with E-state index in [1.165, 1.54) is 32.1 Å². The highest BCUT2D eigenvalue weighted by Crippen LogP contribution is 2.11. The lowest BCUT2D eigenvalue weighted by Gasteiger charge is -2.10. The third kappa shape index (κ3) is 13.8. The normalized spacial score (nSPS) is 16.6. The third-order valence-corrected chi connectivity index (χ3v) is 3.09. The Bertz CT molecular complexity index is 262. The Balaban J connectivity index is 3.28. The summed E-state index contributed by atoms with van der Waals surface area (Å²) < 4.78 is 23.9. The molecule has 0 aliphatic heterocycles. The molecule has 2 N–H and O–H groups in total. The van der Waals surface area contributed by atoms with E-state index in [0.29, 0.717) is 6.42 Å². The van der Waals surface area contributed by atoms with E-state index in [0.717, 1.165) is 19.3 Å². The van der Waals surface area contributed by atoms with Crippen molar-refractivity contribution in [2.45, 2.75) is 71.0 Å². The van der Waals surface area contributed by atoms with E-state index in [1.807, 2.05) is 0 Å². The van der Waals surface area contributed by atoms with E-state index in [1.54, 1.807) is 0 Å². The molecular weight excluding hydrogens is 240 g/mol. The van der Waals surface area contributed by atoms with Crippen LogP contribution in [0.15, 0.2) is 0 Å². The topological polar surface area (TPSA) is 66.8 Å². The molecule has 104 valence electrons. The maximum absolute atomic E-state index is 10.7. The molecule has 0 rings (SSSR count). The number of rotatable bonds is 11. The predicted octanol–water partition coefficient (Wildman–Crippen LogP) is 2.96. The van der Waals surface area contributed by atoms with Gasteiger partial charge >= 0.3 is 0 Å². The molecule has 0 aromatic heterocycles. The molecule has 17 heavy (non-hydrogen) atoms. The van der Waals surface area contributed by atoms with Crippen LogP contribution in [0.3, 0.4) is 0 Å². The summed E-state index contributed by atoms with van der Waals surface area (Å²) in [6, 6.07) is 0. The van der Waals surface area contributed by atoms with Gasteiger partial charge < -0.3 is 5.11 Å². The highest BCUT2D eigenvalue weighted by molar-refractivity contribution is 7.90. The summed E-state index contributed by atoms with van der Waals surface area (Å²) in [5.41, 5.74) is 0. The largest absolute Gasteiger partial charge is 0.367 e. The standard InChI is InChI=1S/C12H26O4S/c1-3-4-5-6-7-8-9-10-11-12(13)16-17(2,14)15/h12-13H,2-11H2,1H3,(H,14,15). The van der Waals surface area contributed by atoms with Gasteiger partial charge in [-0.3, -0.25) is 4.55 Å². The van der Waals surface area contributed by atoms with Gasteiger partial charge in [0, 0.05) is 5.87 Å². The van der Waals surface area contributed by atoms with Crippen molar-refractivity contribution in [1.29, 1.82) is 0 Å². The molecule has 2 unspecified atom stereocenters. The maximum atomic E-state index is 10.7. The fourth-order valence-electron chi connectivity index (χ4n) is 1.67. The zero-order valence-corrected chi connectivity index (χ0v) is 11.6. The van der Waals surface area contributed by atoms with Crippen LogP contribution >= 0.6 is 0 Å². The second kappa shape index (κ2) is 9.88. The molecule has 0 aliphatic rings. The van der Waals surface area contributed by atoms with Gasteiger partial charge in [-0.2, -0.15) is 0 Å². The van der Waals surface area contributed by atoms with Crippen LogP contribution in [-0.4, -0.2) is 26.0 Å². The van der Waals surface area contributed by atoms with Crippen LogP contribution < -0.4 is 0 Å². The van der Waals surface area contributed by atoms with Gasteiger partial charge in [-0.1, -0.05) is 51.9 Å². The lowest BCUT2D eigenvalue weighted by Crippen LogP contribution is -2.16. The molecule has 2 atom stereocenters. The van der Waals surface area contributed by atoms with Crippen molar-refractivity contribution in [3.05, 3.63) is 0 Å². The minimum Gasteiger partial charge on any atom is -0.367 e. The number of aliphatic hydroxyl groups excluding tert-OH is 1. The zero-order chi connectivity index (χ0) is 13.1. The SMILES string of the molecule is C=S(=O)(O)OC(O)CCCCCCCCCC. The number of hydrogen-bond donors (Lipinski definition) is 2. The number of hydrogen-bond acceptors (Lipinski definition) is 3. The Morgan fingerprint density at radius 2 is 1.59 bits per heavy atom. The summed E-state index contributed by atoms with van der Waals surface area (Å²) >= 11 is 0. The van der Waals surface area contributed by atoms with Crippen molar-refractivity contribution < 1.29 is 18.1 Å². The van der Waals surface area contributed by atoms with E-state index in [9.17, 15) is 9.32 Å². The molecule has 4 nitrogen and oxygen atoms in total. The van der Waals surface area contributed by atoms with Crippen molar-refractivity contribution >= 4 is 16.0 Å². The van der Waals surface area contributed by atoms with Crippen molar-refractivity contribution in [3.8, 4) is 0 Å². The molecule has 0 aromatic rings. The summed E-state index contributed by atoms with van der Waals surface area (Å²) in [5, 5.41) is 9.26. The molecule has 0 radical (unpaired) electrons. The molecule has 0 aromatic carbocycles. The Kier molecular flexibility index (Phi) is 9.82. The quantitative estimate of drug-likeness (QED) is 0.343. The molecule has 0 spiro atoms. The van der Waals surface area contributed by atoms with E-state index in [4.69, 9.17) is 4.55 Å². The van der Waals surface area contributed by atoms with E-state index in [-0.39, 0.29) is 0 Å². The Morgan fingerprint density at radius 1 is 1.12 bits per heavy atom. The first-order chi connectivity index (χ1) is 7.95. The maximum Gasteiger partial charge on any atom is 0.198 e. The van der Waals surface area contributed by atoms with Crippen LogP contribution in [0.4, 0.5) is 0 Å². The van der Waals surface area contributed by atoms with Crippen LogP contribution in [0.2, 0.25) is 0 Å². The summed E-state index contributed by atoms with van der Waals surface area (Å²) in [4.78, 5) is 0. The summed E-state index contributed by atoms with van der Waals surface area (Å²) in [6.07, 6.45) is 8.56. The van der Waals surface area contributed by atoms with Crippen LogP contribution in [-0.2, 0) is 14.3 Å². The Hall–Kier alpha value is -0.100. The first-order valence-electron chi connectivity index (χ1n) is 6.41. The van der Waals surface area contributed by atoms with E-state index in [2.05, 4.69) is 17.0 Å². The average Bonchev–Trinajstić information content (AvgIpc) is 2.19. The molecule has 0 amide bonds. The molecule has 0 aliphatic carbocycles. The fourth-order valence-corrected chi connectivity index (χ4v) is 2.12. The Labute approximate surface area is 105 Å². The minimum atomic E-state index is -3.53. The molecular formula is C12H26O4S. The van der Waals surface area contributed by atoms with Gasteiger partial charge in [0.15, 0.2) is 16.4 Å². The highest BCUT2D eigenvalue weighted by atomic mass is 32.2. The van der Waals surface area contributed by atoms with Gasteiger partial charge in [0.2, 0.25) is 0 Å². The summed E-state index contributed by atoms with van der Waals surface area (Å²) in [6.45, 7) is 2.20. The molecule has 0 saturated heterocycles. The number of aliphatic hydroxyl groups is 1. The summed E-state index contributed by atoms with van der Waals surface area (Å²) in [5.74, 6) is 2.90. The van der Waals surface area contributed by atoms with Crippen molar-refractivity contribution in [2.24, 2.45) is 0 Å². The smallest absolute Gasteiger partial charge is 0.198 e. The second-order valence-corrected chi connectivity index (χ2v) is 5.75. The zero-order valence-electron chi connectivity index (χ0n) is 10.8. The fraction of sp³-hybridized carbons (Fsp3) is 0.917. The van der Waals surface area contributed by atoms with E-state index >= 15 is 0 Å². The molecule has 0 saturated carbocycles. The molecule has 5 heteroatoms. The van der Waals surface area contributed by atoms with Gasteiger partial charge in [0.05, 0.1) is 0 Å². The van der Waals surface area contributed by atoms with Gasteiger partial charge in [-0.05, 0) is 12.8 Å². The van der Waals surface area contributed by atoms with Gasteiger partial charge in [0.1, 0.15) is 0 Å². The minimum absolute atomic E-state index is 0.391. The lowest BCUT2D eigenvalue weighted by atomic mass is 10.1. The second-order valence-electron chi connectivity index (χ2n) is 4.40. The molecule has 0 fully saturated rings. The van der Waals surface area contributed by atoms with Gasteiger partial charge in [0.25, 0.3) is 0 Å². The van der Waals surface area contributed by atoms with Gasteiger partial charge in [-0.15, -0.1) is 0 Å².